The molecule has 3 rings (SSSR count). The molecule has 23 heavy (non-hydrogen) atoms. The van der Waals surface area contributed by atoms with Gasteiger partial charge in [0.05, 0.1) is 25.6 Å². The molecule has 2 aromatic rings. The SMILES string of the molecule is N.Nc1nc2c(ncn2C[C@@H]2CO[C@H](CP(=O)([O-])O)O2)c(=O)[nH]1. The van der Waals surface area contributed by atoms with Crippen LogP contribution in [0.3, 0.4) is 0 Å². The van der Waals surface area contributed by atoms with E-state index in [-0.39, 0.29) is 30.8 Å². The summed E-state index contributed by atoms with van der Waals surface area (Å²) in [7, 11) is -4.46. The summed E-state index contributed by atoms with van der Waals surface area (Å²) in [5, 5.41) is 0. The highest BCUT2D eigenvalue weighted by Crippen LogP contribution is 2.32. The molecule has 2 aromatic heterocycles. The number of aromatic amines is 1. The monoisotopic (exact) mass is 347 g/mol. The summed E-state index contributed by atoms with van der Waals surface area (Å²) in [4.78, 5) is 41.5. The molecule has 1 aliphatic heterocycles. The third-order valence-corrected chi connectivity index (χ3v) is 3.85. The van der Waals surface area contributed by atoms with Gasteiger partial charge in [0.25, 0.3) is 5.56 Å². The van der Waals surface area contributed by atoms with Gasteiger partial charge in [-0.15, -0.1) is 0 Å². The first-order valence-electron chi connectivity index (χ1n) is 6.32. The van der Waals surface area contributed by atoms with Crippen molar-refractivity contribution in [2.24, 2.45) is 0 Å². The molecular weight excluding hydrogens is 331 g/mol. The molecule has 1 fully saturated rings. The number of hydrogen-bond acceptors (Lipinski definition) is 9. The first kappa shape index (κ1) is 17.5. The lowest BCUT2D eigenvalue weighted by Crippen LogP contribution is -2.22. The number of aromatic nitrogens is 4. The lowest BCUT2D eigenvalue weighted by molar-refractivity contribution is -0.197. The molecule has 3 heterocycles. The minimum Gasteiger partial charge on any atom is -0.778 e. The van der Waals surface area contributed by atoms with E-state index in [0.717, 1.165) is 0 Å². The summed E-state index contributed by atoms with van der Waals surface area (Å²) in [6, 6.07) is 0. The maximum atomic E-state index is 11.7. The fourth-order valence-corrected chi connectivity index (χ4v) is 2.78. The van der Waals surface area contributed by atoms with Crippen molar-refractivity contribution in [1.82, 2.24) is 25.7 Å². The van der Waals surface area contributed by atoms with Crippen LogP contribution in [0.15, 0.2) is 11.1 Å². The fourth-order valence-electron chi connectivity index (χ4n) is 2.21. The quantitative estimate of drug-likeness (QED) is 0.454. The standard InChI is InChI=1S/C10H14N5O6P.H3N/c11-10-13-8-7(9(16)14-10)12-4-15(8)1-5-2-20-6(21-5)3-22(17,18)19;/h4-6H,1-3H2,(H2,17,18,19)(H3,11,13,14,16);1H3/p-1/t5-,6+;/m1./s1. The molecule has 0 spiro atoms. The number of nitrogens with one attached hydrogen (secondary N) is 1. The van der Waals surface area contributed by atoms with E-state index in [1.807, 2.05) is 0 Å². The zero-order chi connectivity index (χ0) is 15.9. The lowest BCUT2D eigenvalue weighted by atomic mass is 10.4. The van der Waals surface area contributed by atoms with Crippen molar-refractivity contribution in [3.63, 3.8) is 0 Å². The molecule has 0 aliphatic carbocycles. The zero-order valence-electron chi connectivity index (χ0n) is 11.9. The molecule has 128 valence electrons. The summed E-state index contributed by atoms with van der Waals surface area (Å²) in [5.41, 5.74) is 5.49. The van der Waals surface area contributed by atoms with Gasteiger partial charge in [0.15, 0.2) is 17.5 Å². The van der Waals surface area contributed by atoms with Crippen LogP contribution < -0.4 is 22.3 Å². The molecular formula is C10H16N6O6P-. The number of fused-ring (bicyclic) bond motifs is 1. The third kappa shape index (κ3) is 3.93. The Labute approximate surface area is 129 Å². The molecule has 1 aliphatic rings. The molecule has 0 aromatic carbocycles. The summed E-state index contributed by atoms with van der Waals surface area (Å²) in [6.07, 6.45) is -0.683. The predicted molar refractivity (Wildman–Crippen MR) is 76.9 cm³/mol. The van der Waals surface area contributed by atoms with Gasteiger partial charge >= 0.3 is 0 Å². The summed E-state index contributed by atoms with van der Waals surface area (Å²) in [5.74, 6) is -0.0340. The topological polar surface area (TPSA) is 203 Å². The number of ether oxygens (including phenoxy) is 2. The van der Waals surface area contributed by atoms with Gasteiger partial charge in [-0.2, -0.15) is 4.98 Å². The number of rotatable bonds is 4. The van der Waals surface area contributed by atoms with Gasteiger partial charge in [-0.3, -0.25) is 9.78 Å². The Morgan fingerprint density at radius 1 is 1.61 bits per heavy atom. The maximum absolute atomic E-state index is 11.7. The van der Waals surface area contributed by atoms with E-state index in [4.69, 9.17) is 20.1 Å². The second kappa shape index (κ2) is 6.35. The van der Waals surface area contributed by atoms with Gasteiger partial charge in [-0.05, 0) is 0 Å². The molecule has 3 atom stereocenters. The minimum absolute atomic E-state index is 0. The molecule has 0 saturated carbocycles. The predicted octanol–water partition coefficient (Wildman–Crippen LogP) is -1.85. The van der Waals surface area contributed by atoms with Crippen LogP contribution in [0.2, 0.25) is 0 Å². The van der Waals surface area contributed by atoms with Gasteiger partial charge in [0.2, 0.25) is 5.95 Å². The summed E-state index contributed by atoms with van der Waals surface area (Å²) < 4.78 is 22.9. The number of H-pyrrole nitrogens is 1. The summed E-state index contributed by atoms with van der Waals surface area (Å²) >= 11 is 0. The Morgan fingerprint density at radius 2 is 2.35 bits per heavy atom. The van der Waals surface area contributed by atoms with Crippen LogP contribution >= 0.6 is 7.60 Å². The Morgan fingerprint density at radius 3 is 3.04 bits per heavy atom. The van der Waals surface area contributed by atoms with Crippen molar-refractivity contribution in [3.05, 3.63) is 16.7 Å². The first-order valence-corrected chi connectivity index (χ1v) is 8.08. The average Bonchev–Trinajstić information content (AvgIpc) is 2.96. The van der Waals surface area contributed by atoms with Crippen LogP contribution in [-0.4, -0.2) is 49.6 Å². The minimum atomic E-state index is -4.46. The third-order valence-electron chi connectivity index (χ3n) is 3.09. The average molecular weight is 347 g/mol. The Bertz CT molecular complexity index is 799. The molecule has 0 bridgehead atoms. The van der Waals surface area contributed by atoms with Crippen LogP contribution in [-0.2, 0) is 20.6 Å². The molecule has 12 nitrogen and oxygen atoms in total. The molecule has 0 amide bonds. The van der Waals surface area contributed by atoms with E-state index in [2.05, 4.69) is 15.0 Å². The lowest BCUT2D eigenvalue weighted by Gasteiger charge is -2.19. The number of imidazole rings is 1. The summed E-state index contributed by atoms with van der Waals surface area (Å²) in [6.45, 7) is 0.389. The van der Waals surface area contributed by atoms with Gasteiger partial charge in [0, 0.05) is 0 Å². The second-order valence-electron chi connectivity index (χ2n) is 4.86. The van der Waals surface area contributed by atoms with Crippen molar-refractivity contribution < 1.29 is 23.8 Å². The van der Waals surface area contributed by atoms with Crippen molar-refractivity contribution in [1.29, 1.82) is 0 Å². The Balaban J connectivity index is 0.00000192. The highest BCUT2D eigenvalue weighted by atomic mass is 31.2. The second-order valence-corrected chi connectivity index (χ2v) is 6.50. The van der Waals surface area contributed by atoms with Gasteiger partial charge in [-0.25, -0.2) is 4.98 Å². The van der Waals surface area contributed by atoms with E-state index in [0.29, 0.717) is 5.65 Å². The molecule has 7 N–H and O–H groups in total. The number of nitrogens with two attached hydrogens (primary N) is 1. The van der Waals surface area contributed by atoms with E-state index in [9.17, 15) is 14.3 Å². The van der Waals surface area contributed by atoms with E-state index in [1.165, 1.54) is 6.33 Å². The van der Waals surface area contributed by atoms with Gasteiger partial charge in [0.1, 0.15) is 13.7 Å². The highest BCUT2D eigenvalue weighted by molar-refractivity contribution is 7.50. The van der Waals surface area contributed by atoms with Crippen LogP contribution in [0.4, 0.5) is 5.95 Å². The zero-order valence-corrected chi connectivity index (χ0v) is 12.8. The van der Waals surface area contributed by atoms with E-state index >= 15 is 0 Å². The molecule has 0 radical (unpaired) electrons. The Kier molecular flexibility index (Phi) is 4.84. The van der Waals surface area contributed by atoms with E-state index in [1.54, 1.807) is 4.57 Å². The van der Waals surface area contributed by atoms with Crippen molar-refractivity contribution in [2.75, 3.05) is 18.5 Å². The van der Waals surface area contributed by atoms with Gasteiger partial charge in [-0.1, -0.05) is 0 Å². The maximum Gasteiger partial charge on any atom is 0.280 e. The smallest absolute Gasteiger partial charge is 0.280 e. The number of nitrogen functional groups attached to an aromatic ring is 1. The largest absolute Gasteiger partial charge is 0.778 e. The van der Waals surface area contributed by atoms with Crippen LogP contribution in [0.25, 0.3) is 11.2 Å². The number of nitrogens with zero attached hydrogens (tertiary/aromatic N) is 3. The molecule has 1 unspecified atom stereocenters. The van der Waals surface area contributed by atoms with E-state index < -0.39 is 31.7 Å². The Hall–Kier alpha value is -1.82. The van der Waals surface area contributed by atoms with Gasteiger partial charge < -0.3 is 40.3 Å². The van der Waals surface area contributed by atoms with Crippen molar-refractivity contribution in [3.8, 4) is 0 Å². The van der Waals surface area contributed by atoms with Crippen molar-refractivity contribution in [2.45, 2.75) is 18.9 Å². The first-order chi connectivity index (χ1) is 10.3. The van der Waals surface area contributed by atoms with Crippen molar-refractivity contribution >= 4 is 24.7 Å². The fraction of sp³-hybridized carbons (Fsp3) is 0.500. The normalized spacial score (nSPS) is 23.6. The van der Waals surface area contributed by atoms with Crippen LogP contribution in [0, 0.1) is 0 Å². The van der Waals surface area contributed by atoms with Crippen LogP contribution in [0.1, 0.15) is 0 Å². The number of anilines is 1. The van der Waals surface area contributed by atoms with Crippen LogP contribution in [0.5, 0.6) is 0 Å². The molecule has 1 saturated heterocycles. The molecule has 13 heteroatoms. The highest BCUT2D eigenvalue weighted by Gasteiger charge is 2.29. The number of hydrogen-bond donors (Lipinski definition) is 4.